The van der Waals surface area contributed by atoms with Crippen LogP contribution in [0.25, 0.3) is 11.3 Å². The lowest BCUT2D eigenvalue weighted by molar-refractivity contribution is 0.240. The molecule has 0 atom stereocenters. The second-order valence-electron chi connectivity index (χ2n) is 5.88. The Kier molecular flexibility index (Phi) is 6.15. The molecule has 1 aromatic heterocycles. The van der Waals surface area contributed by atoms with Crippen molar-refractivity contribution in [1.29, 1.82) is 0 Å². The minimum atomic E-state index is 0.585. The standard InChI is InChI=1S/C18H24ClN3O2/c1-23-18-4-2-14(12-16(18)19)17-5-3-15(24-17)13-21-8-11-22-9-6-20-7-10-22/h2-5,12,20-21H,6-11,13H2,1H3. The third-order valence-corrected chi connectivity index (χ3v) is 4.51. The van der Waals surface area contributed by atoms with Crippen LogP contribution in [0.3, 0.4) is 0 Å². The van der Waals surface area contributed by atoms with Crippen LogP contribution >= 0.6 is 11.6 Å². The number of ether oxygens (including phenoxy) is 1. The van der Waals surface area contributed by atoms with E-state index in [4.69, 9.17) is 20.8 Å². The molecule has 2 N–H and O–H groups in total. The molecule has 0 aliphatic carbocycles. The molecule has 1 aromatic carbocycles. The molecule has 2 aromatic rings. The van der Waals surface area contributed by atoms with Gasteiger partial charge >= 0.3 is 0 Å². The lowest BCUT2D eigenvalue weighted by Gasteiger charge is -2.27. The number of piperazine rings is 1. The van der Waals surface area contributed by atoms with Crippen LogP contribution in [-0.4, -0.2) is 51.3 Å². The quantitative estimate of drug-likeness (QED) is 0.752. The number of nitrogens with one attached hydrogen (secondary N) is 2. The zero-order valence-corrected chi connectivity index (χ0v) is 14.7. The Balaban J connectivity index is 1.49. The summed E-state index contributed by atoms with van der Waals surface area (Å²) in [5.41, 5.74) is 0.952. The Morgan fingerprint density at radius 1 is 1.25 bits per heavy atom. The fourth-order valence-corrected chi connectivity index (χ4v) is 3.09. The Morgan fingerprint density at radius 2 is 2.08 bits per heavy atom. The zero-order valence-electron chi connectivity index (χ0n) is 14.0. The van der Waals surface area contributed by atoms with Crippen molar-refractivity contribution in [2.75, 3.05) is 46.4 Å². The maximum Gasteiger partial charge on any atom is 0.137 e. The monoisotopic (exact) mass is 349 g/mol. The van der Waals surface area contributed by atoms with Gasteiger partial charge in [0.15, 0.2) is 0 Å². The van der Waals surface area contributed by atoms with Gasteiger partial charge in [0.25, 0.3) is 0 Å². The molecule has 1 aliphatic heterocycles. The average molecular weight is 350 g/mol. The summed E-state index contributed by atoms with van der Waals surface area (Å²) in [5.74, 6) is 2.41. The van der Waals surface area contributed by atoms with Crippen molar-refractivity contribution >= 4 is 11.6 Å². The van der Waals surface area contributed by atoms with Crippen LogP contribution in [0.1, 0.15) is 5.76 Å². The summed E-state index contributed by atoms with van der Waals surface area (Å²) in [6.45, 7) is 7.21. The normalized spacial score (nSPS) is 15.6. The molecule has 0 saturated carbocycles. The van der Waals surface area contributed by atoms with Gasteiger partial charge < -0.3 is 19.8 Å². The van der Waals surface area contributed by atoms with E-state index in [0.717, 1.165) is 62.9 Å². The van der Waals surface area contributed by atoms with Crippen LogP contribution in [0, 0.1) is 0 Å². The predicted molar refractivity (Wildman–Crippen MR) is 96.7 cm³/mol. The van der Waals surface area contributed by atoms with Crippen molar-refractivity contribution < 1.29 is 9.15 Å². The molecule has 0 radical (unpaired) electrons. The predicted octanol–water partition coefficient (Wildman–Crippen LogP) is 2.60. The molecule has 0 spiro atoms. The van der Waals surface area contributed by atoms with Gasteiger partial charge in [0.2, 0.25) is 0 Å². The van der Waals surface area contributed by atoms with Gasteiger partial charge in [-0.15, -0.1) is 0 Å². The summed E-state index contributed by atoms with van der Waals surface area (Å²) in [7, 11) is 1.61. The Labute approximate surface area is 147 Å². The molecule has 1 fully saturated rings. The number of halogens is 1. The Morgan fingerprint density at radius 3 is 2.83 bits per heavy atom. The van der Waals surface area contributed by atoms with E-state index in [2.05, 4.69) is 15.5 Å². The molecule has 24 heavy (non-hydrogen) atoms. The molecule has 5 nitrogen and oxygen atoms in total. The van der Waals surface area contributed by atoms with E-state index in [0.29, 0.717) is 10.8 Å². The van der Waals surface area contributed by atoms with Crippen LogP contribution in [0.2, 0.25) is 5.02 Å². The minimum Gasteiger partial charge on any atom is -0.495 e. The van der Waals surface area contributed by atoms with Crippen LogP contribution in [0.15, 0.2) is 34.7 Å². The van der Waals surface area contributed by atoms with Crippen molar-refractivity contribution in [3.8, 4) is 17.1 Å². The van der Waals surface area contributed by atoms with Crippen LogP contribution in [0.4, 0.5) is 0 Å². The number of benzene rings is 1. The van der Waals surface area contributed by atoms with Gasteiger partial charge in [0, 0.05) is 44.8 Å². The highest BCUT2D eigenvalue weighted by atomic mass is 35.5. The van der Waals surface area contributed by atoms with Crippen molar-refractivity contribution in [2.45, 2.75) is 6.54 Å². The number of furan rings is 1. The fraction of sp³-hybridized carbons (Fsp3) is 0.444. The van der Waals surface area contributed by atoms with Gasteiger partial charge in [-0.25, -0.2) is 0 Å². The van der Waals surface area contributed by atoms with Crippen molar-refractivity contribution in [3.05, 3.63) is 41.1 Å². The smallest absolute Gasteiger partial charge is 0.137 e. The van der Waals surface area contributed by atoms with Crippen molar-refractivity contribution in [3.63, 3.8) is 0 Å². The highest BCUT2D eigenvalue weighted by molar-refractivity contribution is 6.32. The van der Waals surface area contributed by atoms with Gasteiger partial charge in [-0.1, -0.05) is 11.6 Å². The summed E-state index contributed by atoms with van der Waals surface area (Å²) in [6.07, 6.45) is 0. The summed E-state index contributed by atoms with van der Waals surface area (Å²) in [6, 6.07) is 9.65. The third-order valence-electron chi connectivity index (χ3n) is 4.21. The van der Waals surface area contributed by atoms with E-state index in [1.54, 1.807) is 7.11 Å². The molecule has 1 aliphatic rings. The highest BCUT2D eigenvalue weighted by Gasteiger charge is 2.10. The Hall–Kier alpha value is -1.53. The molecule has 0 bridgehead atoms. The first-order valence-electron chi connectivity index (χ1n) is 8.32. The summed E-state index contributed by atoms with van der Waals surface area (Å²) >= 11 is 6.17. The first-order valence-corrected chi connectivity index (χ1v) is 8.70. The highest BCUT2D eigenvalue weighted by Crippen LogP contribution is 2.31. The van der Waals surface area contributed by atoms with E-state index in [1.165, 1.54) is 0 Å². The van der Waals surface area contributed by atoms with Crippen molar-refractivity contribution in [1.82, 2.24) is 15.5 Å². The van der Waals surface area contributed by atoms with Gasteiger partial charge in [-0.05, 0) is 30.3 Å². The first kappa shape index (κ1) is 17.3. The van der Waals surface area contributed by atoms with Gasteiger partial charge in [0.05, 0.1) is 18.7 Å². The lowest BCUT2D eigenvalue weighted by Crippen LogP contribution is -2.45. The second kappa shape index (κ2) is 8.53. The maximum absolute atomic E-state index is 6.17. The number of hydrogen-bond donors (Lipinski definition) is 2. The molecule has 2 heterocycles. The Bertz CT molecular complexity index is 653. The minimum absolute atomic E-state index is 0.585. The second-order valence-corrected chi connectivity index (χ2v) is 6.29. The third kappa shape index (κ3) is 4.51. The van der Waals surface area contributed by atoms with Crippen LogP contribution in [0.5, 0.6) is 5.75 Å². The zero-order chi connectivity index (χ0) is 16.8. The largest absolute Gasteiger partial charge is 0.495 e. The number of rotatable bonds is 7. The molecular weight excluding hydrogens is 326 g/mol. The molecule has 1 saturated heterocycles. The first-order chi connectivity index (χ1) is 11.8. The molecule has 0 amide bonds. The summed E-state index contributed by atoms with van der Waals surface area (Å²) in [5, 5.41) is 7.39. The molecule has 130 valence electrons. The fourth-order valence-electron chi connectivity index (χ4n) is 2.83. The average Bonchev–Trinajstić information content (AvgIpc) is 3.08. The number of nitrogens with zero attached hydrogens (tertiary/aromatic N) is 1. The summed E-state index contributed by atoms with van der Waals surface area (Å²) in [4.78, 5) is 2.47. The molecule has 6 heteroatoms. The lowest BCUT2D eigenvalue weighted by atomic mass is 10.2. The van der Waals surface area contributed by atoms with Crippen LogP contribution < -0.4 is 15.4 Å². The van der Waals surface area contributed by atoms with E-state index >= 15 is 0 Å². The number of methoxy groups -OCH3 is 1. The van der Waals surface area contributed by atoms with Gasteiger partial charge in [0.1, 0.15) is 17.3 Å². The maximum atomic E-state index is 6.17. The topological polar surface area (TPSA) is 49.7 Å². The van der Waals surface area contributed by atoms with E-state index in [1.807, 2.05) is 30.3 Å². The van der Waals surface area contributed by atoms with Gasteiger partial charge in [-0.2, -0.15) is 0 Å². The molecule has 0 unspecified atom stereocenters. The van der Waals surface area contributed by atoms with Crippen molar-refractivity contribution in [2.24, 2.45) is 0 Å². The van der Waals surface area contributed by atoms with E-state index < -0.39 is 0 Å². The van der Waals surface area contributed by atoms with E-state index in [-0.39, 0.29) is 0 Å². The summed E-state index contributed by atoms with van der Waals surface area (Å²) < 4.78 is 11.1. The van der Waals surface area contributed by atoms with Crippen LogP contribution in [-0.2, 0) is 6.54 Å². The molecule has 3 rings (SSSR count). The molecular formula is C18H24ClN3O2. The number of hydrogen-bond acceptors (Lipinski definition) is 5. The van der Waals surface area contributed by atoms with Gasteiger partial charge in [-0.3, -0.25) is 4.90 Å². The van der Waals surface area contributed by atoms with E-state index in [9.17, 15) is 0 Å². The SMILES string of the molecule is COc1ccc(-c2ccc(CNCCN3CCNCC3)o2)cc1Cl.